The van der Waals surface area contributed by atoms with E-state index in [1.54, 1.807) is 0 Å². The smallest absolute Gasteiger partial charge is 0.252 e. The third-order valence-corrected chi connectivity index (χ3v) is 14.3. The molecule has 0 spiro atoms. The molecule has 0 aliphatic carbocycles. The lowest BCUT2D eigenvalue weighted by molar-refractivity contribution is 0.588. The first-order valence-electron chi connectivity index (χ1n) is 24.0. The molecule has 66 heavy (non-hydrogen) atoms. The van der Waals surface area contributed by atoms with E-state index in [4.69, 9.17) is 0 Å². The Kier molecular flexibility index (Phi) is 9.25. The minimum atomic E-state index is -0.171. The molecule has 0 N–H and O–H groups in total. The molecule has 2 aliphatic rings. The Labute approximate surface area is 392 Å². The molecule has 0 bridgehead atoms. The predicted octanol–water partition coefficient (Wildman–Crippen LogP) is 14.7. The third kappa shape index (κ3) is 6.38. The van der Waals surface area contributed by atoms with Gasteiger partial charge in [-0.3, -0.25) is 0 Å². The fourth-order valence-corrected chi connectivity index (χ4v) is 11.4. The molecule has 0 unspecified atom stereocenters. The Morgan fingerprint density at radius 1 is 0.379 bits per heavy atom. The van der Waals surface area contributed by atoms with Gasteiger partial charge in [-0.25, -0.2) is 0 Å². The first kappa shape index (κ1) is 42.1. The molecule has 4 heteroatoms. The van der Waals surface area contributed by atoms with Gasteiger partial charge < -0.3 is 14.0 Å². The van der Waals surface area contributed by atoms with Gasteiger partial charge in [-0.2, -0.15) is 0 Å². The van der Waals surface area contributed by atoms with Crippen LogP contribution in [0, 0.1) is 0 Å². The van der Waals surface area contributed by atoms with E-state index in [0.29, 0.717) is 0 Å². The molecule has 0 amide bonds. The minimum absolute atomic E-state index is 0.0155. The van der Waals surface area contributed by atoms with Gasteiger partial charge in [-0.05, 0) is 120 Å². The number of aromatic nitrogens is 2. The topological polar surface area (TPSA) is 13.1 Å². The van der Waals surface area contributed by atoms with E-state index in [-0.39, 0.29) is 28.4 Å². The number of anilines is 3. The maximum absolute atomic E-state index is 2.70. The molecule has 2 aliphatic heterocycles. The Hall–Kier alpha value is -6.52. The van der Waals surface area contributed by atoms with Crippen LogP contribution < -0.4 is 21.3 Å². The molecule has 0 radical (unpaired) electrons. The second kappa shape index (κ2) is 14.5. The maximum atomic E-state index is 2.70. The fraction of sp³-hybridized carbons (Fsp3) is 0.258. The van der Waals surface area contributed by atoms with Crippen molar-refractivity contribution in [2.24, 2.45) is 0 Å². The van der Waals surface area contributed by atoms with Crippen LogP contribution in [0.2, 0.25) is 0 Å². The Morgan fingerprint density at radius 2 is 0.727 bits per heavy atom. The van der Waals surface area contributed by atoms with Crippen LogP contribution in [-0.2, 0) is 21.7 Å². The van der Waals surface area contributed by atoms with E-state index >= 15 is 0 Å². The van der Waals surface area contributed by atoms with Crippen LogP contribution in [0.1, 0.15) is 105 Å². The quantitative estimate of drug-likeness (QED) is 0.157. The van der Waals surface area contributed by atoms with Crippen molar-refractivity contribution in [2.75, 3.05) is 4.90 Å². The Balaban J connectivity index is 1.43. The van der Waals surface area contributed by atoms with Crippen molar-refractivity contribution in [3.05, 3.63) is 180 Å². The van der Waals surface area contributed by atoms with Crippen LogP contribution in [0.5, 0.6) is 0 Å². The molecular formula is C62H62BN3. The van der Waals surface area contributed by atoms with Gasteiger partial charge in [0, 0.05) is 44.6 Å². The lowest BCUT2D eigenvalue weighted by Gasteiger charge is -2.37. The first-order valence-corrected chi connectivity index (χ1v) is 24.0. The van der Waals surface area contributed by atoms with Crippen LogP contribution in [-0.4, -0.2) is 15.8 Å². The first-order chi connectivity index (χ1) is 31.3. The molecule has 9 aromatic rings. The lowest BCUT2D eigenvalue weighted by atomic mass is 9.34. The number of hydrogen-bond donors (Lipinski definition) is 0. The summed E-state index contributed by atoms with van der Waals surface area (Å²) < 4.78 is 5.40. The van der Waals surface area contributed by atoms with E-state index in [9.17, 15) is 0 Å². The molecular weight excluding hydrogens is 798 g/mol. The number of hydrogen-bond acceptors (Lipinski definition) is 1. The molecule has 7 aromatic carbocycles. The molecule has 0 saturated carbocycles. The molecule has 0 saturated heterocycles. The van der Waals surface area contributed by atoms with Crippen molar-refractivity contribution in [3.8, 4) is 33.9 Å². The average molecular weight is 860 g/mol. The summed E-state index contributed by atoms with van der Waals surface area (Å²) in [7, 11) is 0. The highest BCUT2D eigenvalue weighted by Crippen LogP contribution is 2.50. The lowest BCUT2D eigenvalue weighted by Crippen LogP contribution is -2.60. The van der Waals surface area contributed by atoms with Gasteiger partial charge in [-0.15, -0.1) is 0 Å². The second-order valence-electron chi connectivity index (χ2n) is 23.1. The van der Waals surface area contributed by atoms with Crippen LogP contribution in [0.15, 0.2) is 158 Å². The Bertz CT molecular complexity index is 3140. The Morgan fingerprint density at radius 3 is 1.06 bits per heavy atom. The summed E-state index contributed by atoms with van der Waals surface area (Å²) in [6.45, 7) is 28.7. The zero-order chi connectivity index (χ0) is 46.2. The summed E-state index contributed by atoms with van der Waals surface area (Å²) in [6, 6.07) is 59.6. The molecule has 0 fully saturated rings. The highest BCUT2D eigenvalue weighted by Gasteiger charge is 2.46. The highest BCUT2D eigenvalue weighted by molar-refractivity contribution is 7.00. The van der Waals surface area contributed by atoms with Crippen molar-refractivity contribution in [1.29, 1.82) is 0 Å². The number of nitrogens with zero attached hydrogens (tertiary/aromatic N) is 3. The van der Waals surface area contributed by atoms with Crippen molar-refractivity contribution >= 4 is 62.0 Å². The van der Waals surface area contributed by atoms with E-state index < -0.39 is 0 Å². The zero-order valence-corrected chi connectivity index (χ0v) is 40.9. The minimum Gasteiger partial charge on any atom is -0.310 e. The third-order valence-electron chi connectivity index (χ3n) is 14.3. The van der Waals surface area contributed by atoms with Crippen molar-refractivity contribution in [1.82, 2.24) is 9.13 Å². The number of rotatable bonds is 5. The van der Waals surface area contributed by atoms with Crippen LogP contribution in [0.4, 0.5) is 17.1 Å². The van der Waals surface area contributed by atoms with E-state index in [1.807, 2.05) is 0 Å². The van der Waals surface area contributed by atoms with Gasteiger partial charge >= 0.3 is 0 Å². The summed E-state index contributed by atoms with van der Waals surface area (Å²) in [5, 5.41) is 2.71. The van der Waals surface area contributed by atoms with E-state index in [0.717, 1.165) is 17.1 Å². The van der Waals surface area contributed by atoms with E-state index in [1.165, 1.54) is 94.3 Å². The summed E-state index contributed by atoms with van der Waals surface area (Å²) in [5.41, 5.74) is 22.7. The standard InChI is InChI=1S/C62H62BN3/c1-59(2,3)41-33-46-52(61(7,8)9)55(39-25-17-13-18-26-39)65-50-37-45(64(43-29-21-15-22-30-43)44-31-23-16-24-32-44)38-51-54(50)63(48(35-41)57(46)65)49-36-42(60(4,5)6)34-47-53(62(10,11)12)56(66(51)58(47)49)40-27-19-14-20-28-40/h13-38H,1-12H3. The average Bonchev–Trinajstić information content (AvgIpc) is 3.83. The van der Waals surface area contributed by atoms with Gasteiger partial charge in [0.1, 0.15) is 0 Å². The van der Waals surface area contributed by atoms with Crippen molar-refractivity contribution in [2.45, 2.75) is 105 Å². The molecule has 2 aromatic heterocycles. The maximum Gasteiger partial charge on any atom is 0.252 e. The number of benzene rings is 7. The predicted molar refractivity (Wildman–Crippen MR) is 285 cm³/mol. The molecule has 4 heterocycles. The SMILES string of the molecule is CC(C)(C)c1cc2c3c(c1)c(C(C)(C)C)c(-c1ccccc1)n3-c1cc(N(c3ccccc3)c3ccccc3)cc3c1B2c1cc(C(C)(C)C)cc2c(C(C)(C)C)c(-c4ccccc4)n-3c12. The van der Waals surface area contributed by atoms with Gasteiger partial charge in [0.2, 0.25) is 0 Å². The summed E-state index contributed by atoms with van der Waals surface area (Å²) >= 11 is 0. The summed E-state index contributed by atoms with van der Waals surface area (Å²) in [5.74, 6) is 0. The zero-order valence-electron chi connectivity index (χ0n) is 40.9. The largest absolute Gasteiger partial charge is 0.310 e. The molecule has 0 atom stereocenters. The highest BCUT2D eigenvalue weighted by atomic mass is 15.2. The van der Waals surface area contributed by atoms with Crippen molar-refractivity contribution < 1.29 is 0 Å². The van der Waals surface area contributed by atoms with Crippen LogP contribution >= 0.6 is 0 Å². The van der Waals surface area contributed by atoms with Gasteiger partial charge in [0.15, 0.2) is 0 Å². The number of fused-ring (bicyclic) bond motifs is 4. The van der Waals surface area contributed by atoms with Crippen LogP contribution in [0.25, 0.3) is 55.7 Å². The normalized spacial score (nSPS) is 13.4. The molecule has 328 valence electrons. The number of para-hydroxylation sites is 2. The monoisotopic (exact) mass is 860 g/mol. The van der Waals surface area contributed by atoms with Crippen molar-refractivity contribution in [3.63, 3.8) is 0 Å². The fourth-order valence-electron chi connectivity index (χ4n) is 11.4. The molecule has 11 rings (SSSR count). The summed E-state index contributed by atoms with van der Waals surface area (Å²) in [4.78, 5) is 2.46. The summed E-state index contributed by atoms with van der Waals surface area (Å²) in [6.07, 6.45) is 0. The van der Waals surface area contributed by atoms with Gasteiger partial charge in [0.05, 0.1) is 17.1 Å². The van der Waals surface area contributed by atoms with Gasteiger partial charge in [-0.1, -0.05) is 192 Å². The van der Waals surface area contributed by atoms with Gasteiger partial charge in [0.25, 0.3) is 6.71 Å². The van der Waals surface area contributed by atoms with E-state index in [2.05, 4.69) is 255 Å². The second-order valence-corrected chi connectivity index (χ2v) is 23.1. The molecule has 3 nitrogen and oxygen atoms in total. The van der Waals surface area contributed by atoms with Crippen LogP contribution in [0.3, 0.4) is 0 Å².